The summed E-state index contributed by atoms with van der Waals surface area (Å²) in [7, 11) is 0. The second-order valence-corrected chi connectivity index (χ2v) is 6.87. The molecular formula is C19H18N2O4. The molecule has 0 radical (unpaired) electrons. The predicted molar refractivity (Wildman–Crippen MR) is 89.8 cm³/mol. The van der Waals surface area contributed by atoms with Gasteiger partial charge in [0.25, 0.3) is 5.91 Å². The first-order valence-electron chi connectivity index (χ1n) is 8.54. The standard InChI is InChI=1S/C19H18N2O4/c22-18(23)6-5-14-8-13-10-20-16(9-17(13)25-14)19(24)21-15-7-11-1-3-12(15)4-2-11/h8-12,15H,1-4,7H2,(H,21,24)(H,22,23). The second-order valence-electron chi connectivity index (χ2n) is 6.87. The first-order valence-corrected chi connectivity index (χ1v) is 8.54. The van der Waals surface area contributed by atoms with Gasteiger partial charge in [-0.1, -0.05) is 12.8 Å². The Labute approximate surface area is 144 Å². The van der Waals surface area contributed by atoms with E-state index in [9.17, 15) is 9.59 Å². The average Bonchev–Trinajstić information content (AvgIpc) is 3.03. The number of hydrogen-bond acceptors (Lipinski definition) is 4. The van der Waals surface area contributed by atoms with Crippen LogP contribution < -0.4 is 5.32 Å². The number of pyridine rings is 1. The largest absolute Gasteiger partial charge is 0.472 e. The minimum absolute atomic E-state index is 0.186. The van der Waals surface area contributed by atoms with E-state index in [-0.39, 0.29) is 17.7 Å². The molecule has 3 fully saturated rings. The Balaban J connectivity index is 1.52. The molecule has 1 atom stereocenters. The first kappa shape index (κ1) is 15.7. The number of amides is 1. The highest BCUT2D eigenvalue weighted by atomic mass is 16.4. The van der Waals surface area contributed by atoms with Crippen molar-refractivity contribution in [1.29, 1.82) is 0 Å². The van der Waals surface area contributed by atoms with Crippen molar-refractivity contribution < 1.29 is 19.1 Å². The van der Waals surface area contributed by atoms with Gasteiger partial charge < -0.3 is 14.8 Å². The van der Waals surface area contributed by atoms with Crippen LogP contribution in [-0.2, 0) is 4.79 Å². The van der Waals surface area contributed by atoms with Gasteiger partial charge in [0.2, 0.25) is 0 Å². The molecule has 3 aliphatic rings. The lowest BCUT2D eigenvalue weighted by Crippen LogP contribution is -2.47. The summed E-state index contributed by atoms with van der Waals surface area (Å²) < 4.78 is 5.49. The SMILES string of the molecule is O=C(O)C#Cc1cc2cnc(C(=O)NC3CC4CCC3CC4)cc2o1. The second kappa shape index (κ2) is 6.25. The Bertz CT molecular complexity index is 897. The fourth-order valence-electron chi connectivity index (χ4n) is 4.03. The van der Waals surface area contributed by atoms with Gasteiger partial charge in [0.15, 0.2) is 5.76 Å². The van der Waals surface area contributed by atoms with E-state index in [1.807, 2.05) is 5.92 Å². The fraction of sp³-hybridized carbons (Fsp3) is 0.421. The lowest BCUT2D eigenvalue weighted by atomic mass is 9.68. The number of carbonyl (C=O) groups excluding carboxylic acids is 1. The van der Waals surface area contributed by atoms with Crippen LogP contribution in [0.5, 0.6) is 0 Å². The highest BCUT2D eigenvalue weighted by Crippen LogP contribution is 2.41. The van der Waals surface area contributed by atoms with Crippen LogP contribution in [0.4, 0.5) is 0 Å². The van der Waals surface area contributed by atoms with E-state index in [1.165, 1.54) is 25.7 Å². The molecule has 2 aromatic rings. The molecule has 3 saturated carbocycles. The summed E-state index contributed by atoms with van der Waals surface area (Å²) in [4.78, 5) is 27.2. The molecule has 5 rings (SSSR count). The molecule has 2 heterocycles. The van der Waals surface area contributed by atoms with Crippen LogP contribution in [0.25, 0.3) is 11.0 Å². The van der Waals surface area contributed by atoms with Crippen LogP contribution in [-0.4, -0.2) is 28.0 Å². The quantitative estimate of drug-likeness (QED) is 0.821. The van der Waals surface area contributed by atoms with Crippen LogP contribution in [0.2, 0.25) is 0 Å². The van der Waals surface area contributed by atoms with E-state index in [1.54, 1.807) is 18.3 Å². The summed E-state index contributed by atoms with van der Waals surface area (Å²) in [5.41, 5.74) is 0.779. The normalized spacial score (nSPS) is 24.6. The van der Waals surface area contributed by atoms with Crippen molar-refractivity contribution in [2.24, 2.45) is 11.8 Å². The van der Waals surface area contributed by atoms with Crippen molar-refractivity contribution in [3.63, 3.8) is 0 Å². The lowest BCUT2D eigenvalue weighted by Gasteiger charge is -2.42. The van der Waals surface area contributed by atoms with Gasteiger partial charge in [-0.2, -0.15) is 0 Å². The smallest absolute Gasteiger partial charge is 0.382 e. The van der Waals surface area contributed by atoms with E-state index in [4.69, 9.17) is 9.52 Å². The van der Waals surface area contributed by atoms with Crippen LogP contribution in [0.15, 0.2) is 22.7 Å². The van der Waals surface area contributed by atoms with Gasteiger partial charge in [0.1, 0.15) is 11.3 Å². The van der Waals surface area contributed by atoms with Crippen molar-refractivity contribution in [3.8, 4) is 11.8 Å². The topological polar surface area (TPSA) is 92.4 Å². The Morgan fingerprint density at radius 2 is 2.04 bits per heavy atom. The summed E-state index contributed by atoms with van der Waals surface area (Å²) in [5, 5.41) is 12.4. The van der Waals surface area contributed by atoms with Crippen molar-refractivity contribution in [1.82, 2.24) is 10.3 Å². The van der Waals surface area contributed by atoms with E-state index in [0.717, 1.165) is 12.3 Å². The number of carbonyl (C=O) groups is 2. The zero-order valence-corrected chi connectivity index (χ0v) is 13.6. The van der Waals surface area contributed by atoms with Gasteiger partial charge in [-0.25, -0.2) is 4.79 Å². The van der Waals surface area contributed by atoms with Crippen molar-refractivity contribution in [2.45, 2.75) is 38.1 Å². The van der Waals surface area contributed by atoms with Gasteiger partial charge >= 0.3 is 5.97 Å². The third-order valence-corrected chi connectivity index (χ3v) is 5.29. The molecule has 0 saturated heterocycles. The first-order chi connectivity index (χ1) is 12.1. The Kier molecular flexibility index (Phi) is 3.92. The predicted octanol–water partition coefficient (Wildman–Crippen LogP) is 2.57. The fourth-order valence-corrected chi connectivity index (χ4v) is 4.03. The monoisotopic (exact) mass is 338 g/mol. The van der Waals surface area contributed by atoms with E-state index in [0.29, 0.717) is 22.6 Å². The summed E-state index contributed by atoms with van der Waals surface area (Å²) in [6, 6.07) is 3.43. The molecule has 1 unspecified atom stereocenters. The van der Waals surface area contributed by atoms with Crippen molar-refractivity contribution in [2.75, 3.05) is 0 Å². The van der Waals surface area contributed by atoms with Crippen LogP contribution in [0, 0.1) is 23.7 Å². The maximum Gasteiger partial charge on any atom is 0.382 e. The number of rotatable bonds is 2. The van der Waals surface area contributed by atoms with E-state index < -0.39 is 5.97 Å². The highest BCUT2D eigenvalue weighted by molar-refractivity contribution is 5.95. The van der Waals surface area contributed by atoms with Gasteiger partial charge in [-0.05, 0) is 37.0 Å². The van der Waals surface area contributed by atoms with E-state index >= 15 is 0 Å². The average molecular weight is 338 g/mol. The molecule has 0 aliphatic heterocycles. The Morgan fingerprint density at radius 1 is 1.24 bits per heavy atom. The molecule has 1 amide bonds. The number of carboxylic acid groups (broad SMARTS) is 1. The minimum Gasteiger partial charge on any atom is -0.472 e. The zero-order valence-electron chi connectivity index (χ0n) is 13.6. The number of carboxylic acids is 1. The number of nitrogens with one attached hydrogen (secondary N) is 1. The molecule has 25 heavy (non-hydrogen) atoms. The van der Waals surface area contributed by atoms with Gasteiger partial charge in [0.05, 0.1) is 0 Å². The van der Waals surface area contributed by atoms with Crippen LogP contribution in [0.3, 0.4) is 0 Å². The third kappa shape index (κ3) is 3.22. The maximum atomic E-state index is 12.5. The summed E-state index contributed by atoms with van der Waals surface area (Å²) >= 11 is 0. The number of fused-ring (bicyclic) bond motifs is 4. The number of aromatic nitrogens is 1. The maximum absolute atomic E-state index is 12.5. The molecule has 0 aromatic carbocycles. The van der Waals surface area contributed by atoms with Gasteiger partial charge in [0, 0.05) is 35.7 Å². The van der Waals surface area contributed by atoms with Gasteiger partial charge in [-0.3, -0.25) is 9.78 Å². The van der Waals surface area contributed by atoms with Crippen LogP contribution in [0.1, 0.15) is 48.4 Å². The molecule has 0 spiro atoms. The lowest BCUT2D eigenvalue weighted by molar-refractivity contribution is -0.130. The van der Waals surface area contributed by atoms with Crippen LogP contribution >= 0.6 is 0 Å². The molecule has 6 heteroatoms. The number of furan rings is 1. The van der Waals surface area contributed by atoms with Crippen molar-refractivity contribution in [3.05, 3.63) is 29.8 Å². The molecule has 128 valence electrons. The number of hydrogen-bond donors (Lipinski definition) is 2. The number of aliphatic carboxylic acids is 1. The summed E-state index contributed by atoms with van der Waals surface area (Å²) in [6.45, 7) is 0. The molecule has 2 aromatic heterocycles. The Morgan fingerprint density at radius 3 is 2.72 bits per heavy atom. The summed E-state index contributed by atoms with van der Waals surface area (Å²) in [5.74, 6) is 4.58. The molecule has 6 nitrogen and oxygen atoms in total. The van der Waals surface area contributed by atoms with Crippen molar-refractivity contribution >= 4 is 22.8 Å². The zero-order chi connectivity index (χ0) is 17.4. The number of nitrogens with zero attached hydrogens (tertiary/aromatic N) is 1. The molecule has 3 aliphatic carbocycles. The third-order valence-electron chi connectivity index (χ3n) is 5.29. The van der Waals surface area contributed by atoms with Gasteiger partial charge in [-0.15, -0.1) is 0 Å². The Hall–Kier alpha value is -2.81. The highest BCUT2D eigenvalue weighted by Gasteiger charge is 2.36. The minimum atomic E-state index is -1.22. The molecule has 2 bridgehead atoms. The molecular weight excluding hydrogens is 320 g/mol. The van der Waals surface area contributed by atoms with E-state index in [2.05, 4.69) is 16.2 Å². The molecule has 2 N–H and O–H groups in total. The summed E-state index contributed by atoms with van der Waals surface area (Å²) in [6.07, 6.45) is 7.58.